The minimum Gasteiger partial charge on any atom is -0.354 e. The van der Waals surface area contributed by atoms with E-state index in [-0.39, 0.29) is 17.9 Å². The van der Waals surface area contributed by atoms with E-state index >= 15 is 0 Å². The zero-order valence-corrected chi connectivity index (χ0v) is 14.7. The highest BCUT2D eigenvalue weighted by molar-refractivity contribution is 5.93. The van der Waals surface area contributed by atoms with Crippen LogP contribution in [0.4, 0.5) is 8.78 Å². The molecule has 0 spiro atoms. The molecule has 1 aliphatic carbocycles. The van der Waals surface area contributed by atoms with Gasteiger partial charge in [0.1, 0.15) is 5.69 Å². The standard InChI is InChI=1S/C16H19F2N7O2/c1-19-14(26)13-7-24(23-22-13)6-10-5-16(17,18)8-25(10)15(27)12-4-11(20-21-12)9-2-3-9/h4,7,9-10H,2-3,5-6,8H2,1H3,(H,19,26)(H,20,21). The fraction of sp³-hybridized carbons (Fsp3) is 0.562. The molecule has 144 valence electrons. The first-order valence-corrected chi connectivity index (χ1v) is 8.72. The molecule has 0 bridgehead atoms. The second kappa shape index (κ2) is 6.39. The van der Waals surface area contributed by atoms with Crippen LogP contribution >= 0.6 is 0 Å². The van der Waals surface area contributed by atoms with Gasteiger partial charge in [-0.1, -0.05) is 5.21 Å². The highest BCUT2D eigenvalue weighted by Gasteiger charge is 2.47. The lowest BCUT2D eigenvalue weighted by Crippen LogP contribution is -2.39. The van der Waals surface area contributed by atoms with Gasteiger partial charge in [0, 0.05) is 25.1 Å². The SMILES string of the molecule is CNC(=O)c1cn(CC2CC(F)(F)CN2C(=O)c2cc(C3CC3)[nH]n2)nn1. The molecule has 1 saturated carbocycles. The molecule has 2 aliphatic rings. The van der Waals surface area contributed by atoms with Gasteiger partial charge in [-0.3, -0.25) is 14.7 Å². The van der Waals surface area contributed by atoms with Crippen molar-refractivity contribution in [1.29, 1.82) is 0 Å². The van der Waals surface area contributed by atoms with E-state index < -0.39 is 36.7 Å². The van der Waals surface area contributed by atoms with Gasteiger partial charge in [0.05, 0.1) is 25.3 Å². The van der Waals surface area contributed by atoms with Crippen LogP contribution < -0.4 is 5.32 Å². The van der Waals surface area contributed by atoms with Crippen molar-refractivity contribution in [3.05, 3.63) is 29.3 Å². The molecule has 3 heterocycles. The molecule has 2 aromatic heterocycles. The van der Waals surface area contributed by atoms with Crippen LogP contribution in [0.5, 0.6) is 0 Å². The second-order valence-electron chi connectivity index (χ2n) is 7.03. The smallest absolute Gasteiger partial charge is 0.274 e. The van der Waals surface area contributed by atoms with E-state index in [1.807, 2.05) is 0 Å². The number of amides is 2. The van der Waals surface area contributed by atoms with Crippen LogP contribution in [-0.2, 0) is 6.54 Å². The molecule has 2 fully saturated rings. The van der Waals surface area contributed by atoms with Crippen molar-refractivity contribution in [3.8, 4) is 0 Å². The maximum absolute atomic E-state index is 14.0. The Morgan fingerprint density at radius 1 is 1.37 bits per heavy atom. The molecule has 2 amide bonds. The number of rotatable bonds is 5. The van der Waals surface area contributed by atoms with Crippen molar-refractivity contribution in [2.75, 3.05) is 13.6 Å². The Morgan fingerprint density at radius 2 is 2.15 bits per heavy atom. The van der Waals surface area contributed by atoms with E-state index in [0.29, 0.717) is 5.92 Å². The van der Waals surface area contributed by atoms with Crippen molar-refractivity contribution in [2.45, 2.75) is 43.7 Å². The Kier molecular flexibility index (Phi) is 4.16. The summed E-state index contributed by atoms with van der Waals surface area (Å²) in [7, 11) is 1.46. The predicted octanol–water partition coefficient (Wildman–Crippen LogP) is 0.788. The highest BCUT2D eigenvalue weighted by atomic mass is 19.3. The van der Waals surface area contributed by atoms with Crippen LogP contribution in [0, 0.1) is 0 Å². The molecule has 2 N–H and O–H groups in total. The number of nitrogens with one attached hydrogen (secondary N) is 2. The van der Waals surface area contributed by atoms with Gasteiger partial charge in [0.25, 0.3) is 17.7 Å². The molecule has 2 aromatic rings. The molecule has 1 aliphatic heterocycles. The summed E-state index contributed by atoms with van der Waals surface area (Å²) >= 11 is 0. The number of alkyl halides is 2. The van der Waals surface area contributed by atoms with E-state index in [4.69, 9.17) is 0 Å². The number of aromatic nitrogens is 5. The average molecular weight is 379 g/mol. The van der Waals surface area contributed by atoms with Gasteiger partial charge < -0.3 is 10.2 Å². The van der Waals surface area contributed by atoms with E-state index in [2.05, 4.69) is 25.8 Å². The Balaban J connectivity index is 1.51. The third kappa shape index (κ3) is 3.53. The number of carbonyl (C=O) groups excluding carboxylic acids is 2. The van der Waals surface area contributed by atoms with Crippen molar-refractivity contribution < 1.29 is 18.4 Å². The van der Waals surface area contributed by atoms with Crippen LogP contribution in [0.25, 0.3) is 0 Å². The first-order valence-electron chi connectivity index (χ1n) is 8.72. The summed E-state index contributed by atoms with van der Waals surface area (Å²) in [6, 6.07) is 0.875. The predicted molar refractivity (Wildman–Crippen MR) is 88.4 cm³/mol. The normalized spacial score (nSPS) is 21.4. The summed E-state index contributed by atoms with van der Waals surface area (Å²) in [5.41, 5.74) is 1.10. The Bertz CT molecular complexity index is 874. The molecular weight excluding hydrogens is 360 g/mol. The van der Waals surface area contributed by atoms with Crippen LogP contribution in [0.1, 0.15) is 51.9 Å². The number of likely N-dealkylation sites (tertiary alicyclic amines) is 1. The molecule has 1 saturated heterocycles. The summed E-state index contributed by atoms with van der Waals surface area (Å²) in [5, 5.41) is 16.8. The lowest BCUT2D eigenvalue weighted by Gasteiger charge is -2.22. The van der Waals surface area contributed by atoms with Gasteiger partial charge in [0.15, 0.2) is 5.69 Å². The van der Waals surface area contributed by atoms with Crippen molar-refractivity contribution in [2.24, 2.45) is 0 Å². The lowest BCUT2D eigenvalue weighted by atomic mass is 10.2. The number of carbonyl (C=O) groups is 2. The molecule has 1 unspecified atom stereocenters. The summed E-state index contributed by atoms with van der Waals surface area (Å²) in [4.78, 5) is 25.4. The van der Waals surface area contributed by atoms with Crippen LogP contribution in [0.2, 0.25) is 0 Å². The average Bonchev–Trinajstić information content (AvgIpc) is 3.06. The Labute approximate surface area is 153 Å². The van der Waals surface area contributed by atoms with Crippen molar-refractivity contribution >= 4 is 11.8 Å². The summed E-state index contributed by atoms with van der Waals surface area (Å²) in [6.07, 6.45) is 2.98. The molecule has 9 nitrogen and oxygen atoms in total. The van der Waals surface area contributed by atoms with Crippen molar-refractivity contribution in [1.82, 2.24) is 35.4 Å². The third-order valence-electron chi connectivity index (χ3n) is 4.87. The number of H-pyrrole nitrogens is 1. The molecule has 4 rings (SSSR count). The number of hydrogen-bond acceptors (Lipinski definition) is 5. The van der Waals surface area contributed by atoms with Gasteiger partial charge in [-0.15, -0.1) is 5.10 Å². The quantitative estimate of drug-likeness (QED) is 0.798. The number of nitrogens with zero attached hydrogens (tertiary/aromatic N) is 5. The zero-order chi connectivity index (χ0) is 19.2. The van der Waals surface area contributed by atoms with Gasteiger partial charge in [-0.05, 0) is 18.9 Å². The van der Waals surface area contributed by atoms with Gasteiger partial charge in [-0.25, -0.2) is 13.5 Å². The zero-order valence-electron chi connectivity index (χ0n) is 14.7. The topological polar surface area (TPSA) is 109 Å². The number of hydrogen-bond donors (Lipinski definition) is 2. The van der Waals surface area contributed by atoms with Gasteiger partial charge in [-0.2, -0.15) is 5.10 Å². The van der Waals surface area contributed by atoms with E-state index in [1.165, 1.54) is 17.9 Å². The summed E-state index contributed by atoms with van der Waals surface area (Å²) in [5.74, 6) is -3.56. The maximum atomic E-state index is 14.0. The molecule has 11 heteroatoms. The van der Waals surface area contributed by atoms with E-state index in [9.17, 15) is 18.4 Å². The van der Waals surface area contributed by atoms with Crippen LogP contribution in [0.3, 0.4) is 0 Å². The first-order chi connectivity index (χ1) is 12.9. The number of halogens is 2. The minimum absolute atomic E-state index is 0.0191. The number of aromatic amines is 1. The minimum atomic E-state index is -2.99. The van der Waals surface area contributed by atoms with E-state index in [1.54, 1.807) is 6.07 Å². The van der Waals surface area contributed by atoms with Crippen LogP contribution in [-0.4, -0.2) is 67.5 Å². The van der Waals surface area contributed by atoms with Crippen molar-refractivity contribution in [3.63, 3.8) is 0 Å². The fourth-order valence-corrected chi connectivity index (χ4v) is 3.33. The first kappa shape index (κ1) is 17.6. The second-order valence-corrected chi connectivity index (χ2v) is 7.03. The maximum Gasteiger partial charge on any atom is 0.274 e. The van der Waals surface area contributed by atoms with Gasteiger partial charge in [0.2, 0.25) is 0 Å². The monoisotopic (exact) mass is 379 g/mol. The summed E-state index contributed by atoms with van der Waals surface area (Å²) in [6.45, 7) is -0.648. The largest absolute Gasteiger partial charge is 0.354 e. The molecular formula is C16H19F2N7O2. The fourth-order valence-electron chi connectivity index (χ4n) is 3.33. The highest BCUT2D eigenvalue weighted by Crippen LogP contribution is 2.39. The van der Waals surface area contributed by atoms with E-state index in [0.717, 1.165) is 23.4 Å². The summed E-state index contributed by atoms with van der Waals surface area (Å²) < 4.78 is 29.3. The molecule has 1 atom stereocenters. The van der Waals surface area contributed by atoms with Gasteiger partial charge >= 0.3 is 0 Å². The Hall–Kier alpha value is -2.85. The third-order valence-corrected chi connectivity index (χ3v) is 4.87. The Morgan fingerprint density at radius 3 is 2.85 bits per heavy atom. The lowest BCUT2D eigenvalue weighted by molar-refractivity contribution is 0.0116. The molecule has 0 radical (unpaired) electrons. The molecule has 0 aromatic carbocycles. The molecule has 27 heavy (non-hydrogen) atoms. The van der Waals surface area contributed by atoms with Crippen LogP contribution in [0.15, 0.2) is 12.3 Å².